The fourth-order valence-electron chi connectivity index (χ4n) is 1.63. The van der Waals surface area contributed by atoms with Crippen molar-refractivity contribution < 1.29 is 4.79 Å². The quantitative estimate of drug-likeness (QED) is 0.753. The van der Waals surface area contributed by atoms with E-state index in [9.17, 15) is 4.79 Å². The number of benzene rings is 1. The van der Waals surface area contributed by atoms with Crippen LogP contribution in [0.15, 0.2) is 30.3 Å². The summed E-state index contributed by atoms with van der Waals surface area (Å²) in [6.07, 6.45) is 0.685. The Morgan fingerprint density at radius 2 is 2.07 bits per heavy atom. The van der Waals surface area contributed by atoms with E-state index in [1.165, 1.54) is 4.90 Å². The molecule has 1 aliphatic rings. The Bertz CT molecular complexity index is 391. The lowest BCUT2D eigenvalue weighted by atomic mass is 10.1. The molecular weight excluding hydrogens is 208 g/mol. The lowest BCUT2D eigenvalue weighted by Gasteiger charge is -2.07. The fraction of sp³-hybridized carbons (Fsp3) is 0.273. The summed E-state index contributed by atoms with van der Waals surface area (Å²) in [6.45, 7) is 0. The van der Waals surface area contributed by atoms with Gasteiger partial charge in [-0.25, -0.2) is 0 Å². The van der Waals surface area contributed by atoms with Gasteiger partial charge in [0.05, 0.1) is 0 Å². The zero-order valence-electron chi connectivity index (χ0n) is 8.43. The first-order chi connectivity index (χ1) is 7.18. The molecule has 2 rings (SSSR count). The standard InChI is InChI=1S/C11H12N2OS/c1-13-10(14)9(12-11(13)15)7-8-5-3-2-4-6-8/h2-6,9H,7H2,1H3,(H,12,15)/t9-/m0/s1. The van der Waals surface area contributed by atoms with Gasteiger partial charge < -0.3 is 5.32 Å². The zero-order chi connectivity index (χ0) is 10.8. The molecule has 0 aromatic heterocycles. The molecule has 1 aromatic carbocycles. The van der Waals surface area contributed by atoms with Crippen LogP contribution in [0.4, 0.5) is 0 Å². The second-order valence-electron chi connectivity index (χ2n) is 3.59. The van der Waals surface area contributed by atoms with Gasteiger partial charge >= 0.3 is 0 Å². The molecule has 4 heteroatoms. The van der Waals surface area contributed by atoms with Crippen LogP contribution in [0.3, 0.4) is 0 Å². The van der Waals surface area contributed by atoms with E-state index in [0.717, 1.165) is 5.56 Å². The Hall–Kier alpha value is -1.42. The molecule has 1 aromatic rings. The molecule has 0 radical (unpaired) electrons. The number of likely N-dealkylation sites (N-methyl/N-ethyl adjacent to an activating group) is 1. The zero-order valence-corrected chi connectivity index (χ0v) is 9.25. The molecule has 0 aliphatic carbocycles. The van der Waals surface area contributed by atoms with E-state index in [0.29, 0.717) is 11.5 Å². The Morgan fingerprint density at radius 1 is 1.40 bits per heavy atom. The average Bonchev–Trinajstić information content (AvgIpc) is 2.48. The van der Waals surface area contributed by atoms with Crippen molar-refractivity contribution in [1.82, 2.24) is 10.2 Å². The Morgan fingerprint density at radius 3 is 2.60 bits per heavy atom. The van der Waals surface area contributed by atoms with Crippen molar-refractivity contribution in [3.8, 4) is 0 Å². The highest BCUT2D eigenvalue weighted by Gasteiger charge is 2.32. The van der Waals surface area contributed by atoms with Gasteiger partial charge in [0, 0.05) is 13.5 Å². The van der Waals surface area contributed by atoms with Crippen molar-refractivity contribution in [3.05, 3.63) is 35.9 Å². The van der Waals surface area contributed by atoms with Crippen LogP contribution in [0.1, 0.15) is 5.56 Å². The highest BCUT2D eigenvalue weighted by molar-refractivity contribution is 7.80. The molecule has 1 N–H and O–H groups in total. The molecule has 0 spiro atoms. The predicted octanol–water partition coefficient (Wildman–Crippen LogP) is 0.944. The number of rotatable bonds is 2. The van der Waals surface area contributed by atoms with Gasteiger partial charge in [-0.15, -0.1) is 0 Å². The van der Waals surface area contributed by atoms with Gasteiger partial charge in [-0.05, 0) is 17.8 Å². The third-order valence-corrected chi connectivity index (χ3v) is 2.91. The van der Waals surface area contributed by atoms with E-state index in [-0.39, 0.29) is 11.9 Å². The largest absolute Gasteiger partial charge is 0.350 e. The van der Waals surface area contributed by atoms with Crippen LogP contribution in [0.5, 0.6) is 0 Å². The van der Waals surface area contributed by atoms with Crippen molar-refractivity contribution in [2.75, 3.05) is 7.05 Å². The number of nitrogens with zero attached hydrogens (tertiary/aromatic N) is 1. The van der Waals surface area contributed by atoms with E-state index in [2.05, 4.69) is 5.32 Å². The third-order valence-electron chi connectivity index (χ3n) is 2.51. The topological polar surface area (TPSA) is 32.3 Å². The number of carbonyl (C=O) groups excluding carboxylic acids is 1. The Balaban J connectivity index is 2.09. The maximum atomic E-state index is 11.7. The van der Waals surface area contributed by atoms with Crippen LogP contribution in [-0.4, -0.2) is 29.0 Å². The van der Waals surface area contributed by atoms with E-state index < -0.39 is 0 Å². The third kappa shape index (κ3) is 1.99. The van der Waals surface area contributed by atoms with Gasteiger partial charge in [-0.3, -0.25) is 9.69 Å². The number of nitrogens with one attached hydrogen (secondary N) is 1. The van der Waals surface area contributed by atoms with Crippen molar-refractivity contribution in [1.29, 1.82) is 0 Å². The minimum absolute atomic E-state index is 0.0452. The van der Waals surface area contributed by atoms with Crippen molar-refractivity contribution in [3.63, 3.8) is 0 Å². The number of hydrogen-bond donors (Lipinski definition) is 1. The molecular formula is C11H12N2OS. The van der Waals surface area contributed by atoms with E-state index in [4.69, 9.17) is 12.2 Å². The molecule has 1 atom stereocenters. The first kappa shape index (κ1) is 10.1. The van der Waals surface area contributed by atoms with Crippen molar-refractivity contribution >= 4 is 23.2 Å². The number of amides is 1. The van der Waals surface area contributed by atoms with Crippen LogP contribution in [-0.2, 0) is 11.2 Å². The molecule has 1 amide bonds. The van der Waals surface area contributed by atoms with Crippen molar-refractivity contribution in [2.45, 2.75) is 12.5 Å². The molecule has 0 unspecified atom stereocenters. The van der Waals surface area contributed by atoms with Gasteiger partial charge in [0.15, 0.2) is 5.11 Å². The van der Waals surface area contributed by atoms with Gasteiger partial charge in [-0.2, -0.15) is 0 Å². The van der Waals surface area contributed by atoms with Crippen molar-refractivity contribution in [2.24, 2.45) is 0 Å². The molecule has 1 aliphatic heterocycles. The van der Waals surface area contributed by atoms with E-state index >= 15 is 0 Å². The number of carbonyl (C=O) groups is 1. The summed E-state index contributed by atoms with van der Waals surface area (Å²) < 4.78 is 0. The summed E-state index contributed by atoms with van der Waals surface area (Å²) in [4.78, 5) is 13.2. The molecule has 1 fully saturated rings. The van der Waals surface area contributed by atoms with Gasteiger partial charge in [0.1, 0.15) is 6.04 Å². The SMILES string of the molecule is CN1C(=O)[C@H](Cc2ccccc2)NC1=S. The van der Waals surface area contributed by atoms with Gasteiger partial charge in [-0.1, -0.05) is 30.3 Å². The lowest BCUT2D eigenvalue weighted by molar-refractivity contribution is -0.126. The molecule has 0 bridgehead atoms. The Kier molecular flexibility index (Phi) is 2.68. The number of hydrogen-bond acceptors (Lipinski definition) is 2. The fourth-order valence-corrected chi connectivity index (χ4v) is 1.86. The second-order valence-corrected chi connectivity index (χ2v) is 3.98. The molecule has 1 heterocycles. The summed E-state index contributed by atoms with van der Waals surface area (Å²) >= 11 is 5.01. The molecule has 1 saturated heterocycles. The predicted molar refractivity (Wildman–Crippen MR) is 62.4 cm³/mol. The first-order valence-corrected chi connectivity index (χ1v) is 5.21. The van der Waals surface area contributed by atoms with Crippen LogP contribution in [0.2, 0.25) is 0 Å². The van der Waals surface area contributed by atoms with Crippen LogP contribution in [0, 0.1) is 0 Å². The summed E-state index contributed by atoms with van der Waals surface area (Å²) in [6, 6.07) is 9.72. The monoisotopic (exact) mass is 220 g/mol. The summed E-state index contributed by atoms with van der Waals surface area (Å²) in [5, 5.41) is 3.52. The van der Waals surface area contributed by atoms with Crippen LogP contribution >= 0.6 is 12.2 Å². The maximum absolute atomic E-state index is 11.7. The minimum Gasteiger partial charge on any atom is -0.350 e. The van der Waals surface area contributed by atoms with Crippen LogP contribution in [0.25, 0.3) is 0 Å². The van der Waals surface area contributed by atoms with Gasteiger partial charge in [0.2, 0.25) is 0 Å². The summed E-state index contributed by atoms with van der Waals surface area (Å²) in [5.41, 5.74) is 1.14. The normalized spacial score (nSPS) is 20.6. The molecule has 0 saturated carbocycles. The molecule has 15 heavy (non-hydrogen) atoms. The number of thiocarbonyl (C=S) groups is 1. The first-order valence-electron chi connectivity index (χ1n) is 4.80. The van der Waals surface area contributed by atoms with E-state index in [1.807, 2.05) is 30.3 Å². The smallest absolute Gasteiger partial charge is 0.251 e. The lowest BCUT2D eigenvalue weighted by Crippen LogP contribution is -2.31. The van der Waals surface area contributed by atoms with Crippen LogP contribution < -0.4 is 5.32 Å². The highest BCUT2D eigenvalue weighted by atomic mass is 32.1. The maximum Gasteiger partial charge on any atom is 0.251 e. The summed E-state index contributed by atoms with van der Waals surface area (Å²) in [5.74, 6) is 0.0452. The highest BCUT2D eigenvalue weighted by Crippen LogP contribution is 2.10. The average molecular weight is 220 g/mol. The molecule has 3 nitrogen and oxygen atoms in total. The summed E-state index contributed by atoms with van der Waals surface area (Å²) in [7, 11) is 1.70. The Labute approximate surface area is 94.1 Å². The minimum atomic E-state index is -0.204. The van der Waals surface area contributed by atoms with E-state index in [1.54, 1.807) is 7.05 Å². The van der Waals surface area contributed by atoms with Gasteiger partial charge in [0.25, 0.3) is 5.91 Å². The molecule has 78 valence electrons. The second kappa shape index (κ2) is 3.98.